The summed E-state index contributed by atoms with van der Waals surface area (Å²) < 4.78 is 0. The predicted molar refractivity (Wildman–Crippen MR) is 131 cm³/mol. The number of hydrogen-bond acceptors (Lipinski definition) is 4. The zero-order valence-corrected chi connectivity index (χ0v) is 20.5. The summed E-state index contributed by atoms with van der Waals surface area (Å²) in [6.07, 6.45) is -0.876. The van der Waals surface area contributed by atoms with Crippen LogP contribution in [0.4, 0.5) is 10.5 Å². The van der Waals surface area contributed by atoms with Crippen LogP contribution < -0.4 is 10.6 Å². The standard InChI is InChI=1S/C23H27Cl2N3O3S/c1-23(2,3)21(30)26-11-14-4-7-16(8-5-14)27-22(31)28-13-32-12-19(28)20(29)15-6-9-17(24)18(25)10-15/h4-10,19-20,29H,11-13H2,1-3H3,(H,26,30)(H,27,31). The zero-order valence-electron chi connectivity index (χ0n) is 18.2. The lowest BCUT2D eigenvalue weighted by atomic mass is 9.95. The molecule has 0 bridgehead atoms. The third-order valence-corrected chi connectivity index (χ3v) is 6.95. The molecule has 0 radical (unpaired) electrons. The molecule has 1 saturated heterocycles. The Bertz CT molecular complexity index is 979. The van der Waals surface area contributed by atoms with Crippen LogP contribution in [-0.2, 0) is 11.3 Å². The van der Waals surface area contributed by atoms with Crippen LogP contribution in [0.15, 0.2) is 42.5 Å². The van der Waals surface area contributed by atoms with Gasteiger partial charge in [-0.3, -0.25) is 4.79 Å². The molecule has 1 heterocycles. The van der Waals surface area contributed by atoms with E-state index in [0.717, 1.165) is 5.56 Å². The minimum Gasteiger partial charge on any atom is -0.386 e. The van der Waals surface area contributed by atoms with E-state index in [-0.39, 0.29) is 18.0 Å². The van der Waals surface area contributed by atoms with E-state index in [2.05, 4.69) is 10.6 Å². The second-order valence-electron chi connectivity index (χ2n) is 8.72. The van der Waals surface area contributed by atoms with Crippen molar-refractivity contribution in [2.45, 2.75) is 39.5 Å². The van der Waals surface area contributed by atoms with Crippen molar-refractivity contribution >= 4 is 52.6 Å². The maximum Gasteiger partial charge on any atom is 0.322 e. The second kappa shape index (κ2) is 10.3. The number of benzene rings is 2. The number of amides is 3. The summed E-state index contributed by atoms with van der Waals surface area (Å²) in [5.41, 5.74) is 1.75. The molecule has 3 amide bonds. The van der Waals surface area contributed by atoms with Crippen molar-refractivity contribution < 1.29 is 14.7 Å². The van der Waals surface area contributed by atoms with E-state index in [4.69, 9.17) is 23.2 Å². The van der Waals surface area contributed by atoms with Crippen molar-refractivity contribution in [3.63, 3.8) is 0 Å². The Balaban J connectivity index is 1.60. The van der Waals surface area contributed by atoms with Crippen molar-refractivity contribution in [3.8, 4) is 0 Å². The summed E-state index contributed by atoms with van der Waals surface area (Å²) in [7, 11) is 0. The first-order valence-corrected chi connectivity index (χ1v) is 12.1. The van der Waals surface area contributed by atoms with Gasteiger partial charge in [-0.2, -0.15) is 0 Å². The van der Waals surface area contributed by atoms with Crippen molar-refractivity contribution in [1.29, 1.82) is 0 Å². The van der Waals surface area contributed by atoms with Gasteiger partial charge in [0.25, 0.3) is 0 Å². The monoisotopic (exact) mass is 495 g/mol. The van der Waals surface area contributed by atoms with Gasteiger partial charge in [0.1, 0.15) is 6.10 Å². The van der Waals surface area contributed by atoms with E-state index in [9.17, 15) is 14.7 Å². The summed E-state index contributed by atoms with van der Waals surface area (Å²) in [6.45, 7) is 6.01. The van der Waals surface area contributed by atoms with E-state index in [1.54, 1.807) is 47.0 Å². The molecular formula is C23H27Cl2N3O3S. The third kappa shape index (κ3) is 6.10. The van der Waals surface area contributed by atoms with Crippen molar-refractivity contribution in [2.75, 3.05) is 16.9 Å². The fourth-order valence-electron chi connectivity index (χ4n) is 3.20. The van der Waals surface area contributed by atoms with Gasteiger partial charge in [0, 0.05) is 23.4 Å². The normalized spacial score (nSPS) is 17.2. The molecule has 9 heteroatoms. The largest absolute Gasteiger partial charge is 0.386 e. The molecule has 172 valence electrons. The number of nitrogens with one attached hydrogen (secondary N) is 2. The number of thioether (sulfide) groups is 1. The Morgan fingerprint density at radius 3 is 2.47 bits per heavy atom. The van der Waals surface area contributed by atoms with Crippen LogP contribution >= 0.6 is 35.0 Å². The zero-order chi connectivity index (χ0) is 23.5. The van der Waals surface area contributed by atoms with E-state index in [0.29, 0.717) is 39.5 Å². The Hall–Kier alpha value is -1.93. The molecule has 0 spiro atoms. The van der Waals surface area contributed by atoms with Gasteiger partial charge in [-0.1, -0.05) is 62.2 Å². The van der Waals surface area contributed by atoms with E-state index < -0.39 is 11.5 Å². The number of anilines is 1. The number of nitrogens with zero attached hydrogens (tertiary/aromatic N) is 1. The molecule has 1 fully saturated rings. The molecule has 32 heavy (non-hydrogen) atoms. The summed E-state index contributed by atoms with van der Waals surface area (Å²) >= 11 is 13.6. The van der Waals surface area contributed by atoms with E-state index >= 15 is 0 Å². The highest BCUT2D eigenvalue weighted by Crippen LogP contribution is 2.33. The average molecular weight is 496 g/mol. The smallest absolute Gasteiger partial charge is 0.322 e. The topological polar surface area (TPSA) is 81.7 Å². The molecule has 2 unspecified atom stereocenters. The number of halogens is 2. The van der Waals surface area contributed by atoms with E-state index in [1.807, 2.05) is 32.9 Å². The number of urea groups is 1. The number of carbonyl (C=O) groups excluding carboxylic acids is 2. The van der Waals surface area contributed by atoms with Gasteiger partial charge < -0.3 is 20.6 Å². The van der Waals surface area contributed by atoms with Gasteiger partial charge in [-0.15, -0.1) is 11.8 Å². The van der Waals surface area contributed by atoms with Crippen LogP contribution in [0.5, 0.6) is 0 Å². The van der Waals surface area contributed by atoms with Crippen LogP contribution in [0.3, 0.4) is 0 Å². The maximum absolute atomic E-state index is 12.9. The number of rotatable bonds is 5. The average Bonchev–Trinajstić information content (AvgIpc) is 3.24. The SMILES string of the molecule is CC(C)(C)C(=O)NCc1ccc(NC(=O)N2CSCC2C(O)c2ccc(Cl)c(Cl)c2)cc1. The Morgan fingerprint density at radius 1 is 1.16 bits per heavy atom. The van der Waals surface area contributed by atoms with Gasteiger partial charge in [0.2, 0.25) is 5.91 Å². The molecule has 0 aromatic heterocycles. The Kier molecular flexibility index (Phi) is 7.98. The molecule has 3 N–H and O–H groups in total. The second-order valence-corrected chi connectivity index (χ2v) is 10.5. The number of aliphatic hydroxyl groups excluding tert-OH is 1. The van der Waals surface area contributed by atoms with Gasteiger partial charge in [-0.05, 0) is 35.4 Å². The summed E-state index contributed by atoms with van der Waals surface area (Å²) in [5.74, 6) is 1.07. The predicted octanol–water partition coefficient (Wildman–Crippen LogP) is 5.30. The minimum absolute atomic E-state index is 0.0204. The molecule has 0 saturated carbocycles. The molecule has 0 aliphatic carbocycles. The van der Waals surface area contributed by atoms with Gasteiger partial charge in [0.05, 0.1) is 22.0 Å². The third-order valence-electron chi connectivity index (χ3n) is 5.17. The van der Waals surface area contributed by atoms with Crippen LogP contribution in [-0.4, -0.2) is 39.6 Å². The maximum atomic E-state index is 12.9. The Labute approximate surface area is 202 Å². The molecule has 3 rings (SSSR count). The number of hydrogen-bond donors (Lipinski definition) is 3. The van der Waals surface area contributed by atoms with E-state index in [1.165, 1.54) is 0 Å². The van der Waals surface area contributed by atoms with Crippen LogP contribution in [0, 0.1) is 5.41 Å². The first-order chi connectivity index (χ1) is 15.1. The molecule has 2 aromatic carbocycles. The summed E-state index contributed by atoms with van der Waals surface area (Å²) in [4.78, 5) is 26.5. The minimum atomic E-state index is -0.876. The fourth-order valence-corrected chi connectivity index (χ4v) is 4.72. The molecule has 2 aromatic rings. The molecular weight excluding hydrogens is 469 g/mol. The molecule has 1 aliphatic rings. The van der Waals surface area contributed by atoms with Crippen molar-refractivity contribution in [1.82, 2.24) is 10.2 Å². The number of carbonyl (C=O) groups is 2. The van der Waals surface area contributed by atoms with Crippen LogP contribution in [0.25, 0.3) is 0 Å². The first kappa shape index (κ1) is 24.7. The highest BCUT2D eigenvalue weighted by molar-refractivity contribution is 7.99. The lowest BCUT2D eigenvalue weighted by Gasteiger charge is -2.28. The first-order valence-electron chi connectivity index (χ1n) is 10.2. The summed E-state index contributed by atoms with van der Waals surface area (Å²) in [5, 5.41) is 17.4. The molecule has 2 atom stereocenters. The van der Waals surface area contributed by atoms with Crippen molar-refractivity contribution in [3.05, 3.63) is 63.6 Å². The molecule has 1 aliphatic heterocycles. The fraction of sp³-hybridized carbons (Fsp3) is 0.391. The van der Waals surface area contributed by atoms with Gasteiger partial charge in [0.15, 0.2) is 0 Å². The van der Waals surface area contributed by atoms with Crippen molar-refractivity contribution in [2.24, 2.45) is 5.41 Å². The number of aliphatic hydroxyl groups is 1. The van der Waals surface area contributed by atoms with Crippen LogP contribution in [0.1, 0.15) is 38.0 Å². The van der Waals surface area contributed by atoms with Crippen LogP contribution in [0.2, 0.25) is 10.0 Å². The highest BCUT2D eigenvalue weighted by Gasteiger charge is 2.35. The van der Waals surface area contributed by atoms with Gasteiger partial charge >= 0.3 is 6.03 Å². The Morgan fingerprint density at radius 2 is 1.84 bits per heavy atom. The van der Waals surface area contributed by atoms with Gasteiger partial charge in [-0.25, -0.2) is 4.79 Å². The lowest BCUT2D eigenvalue weighted by molar-refractivity contribution is -0.128. The quantitative estimate of drug-likeness (QED) is 0.525. The highest BCUT2D eigenvalue weighted by atomic mass is 35.5. The summed E-state index contributed by atoms with van der Waals surface area (Å²) in [6, 6.07) is 11.6. The molecule has 6 nitrogen and oxygen atoms in total. The lowest BCUT2D eigenvalue weighted by Crippen LogP contribution is -2.42.